The molecule has 0 aliphatic heterocycles. The van der Waals surface area contributed by atoms with Crippen molar-refractivity contribution in [2.75, 3.05) is 0 Å². The Kier molecular flexibility index (Phi) is 5.90. The molecule has 252 valence electrons. The average Bonchev–Trinajstić information content (AvgIpc) is 3.69. The van der Waals surface area contributed by atoms with Gasteiger partial charge in [0.25, 0.3) is 0 Å². The van der Waals surface area contributed by atoms with Gasteiger partial charge in [-0.25, -0.2) is 0 Å². The van der Waals surface area contributed by atoms with E-state index in [9.17, 15) is 0 Å². The maximum Gasteiger partial charge on any atom is 0.0584 e. The minimum Gasteiger partial charge on any atom is -0.309 e. The third kappa shape index (κ3) is 3.94. The van der Waals surface area contributed by atoms with E-state index in [-0.39, 0.29) is 5.41 Å². The van der Waals surface area contributed by atoms with Crippen molar-refractivity contribution >= 4 is 64.8 Å². The van der Waals surface area contributed by atoms with Gasteiger partial charge in [0.2, 0.25) is 0 Å². The molecule has 1 aliphatic carbocycles. The lowest BCUT2D eigenvalue weighted by Crippen LogP contribution is -2.14. The van der Waals surface area contributed by atoms with Crippen molar-refractivity contribution in [1.82, 2.24) is 4.57 Å². The standard InChI is InChI=1S/C53H35N/c1-53(2)47-15-9-8-14-44(47)52-51(53)46-31-37(24-29-48(46)54(52)38-11-4-3-5-12-38)41-26-21-35-22-27-42-40(25-20-34-23-28-43(41)50(35)49(34)42)36-19-18-33-17-16-32-10-6-7-13-39(32)45(33)30-36/h3-31H,1-2H3. The second-order valence-electron chi connectivity index (χ2n) is 15.7. The fourth-order valence-electron chi connectivity index (χ4n) is 10.0. The van der Waals surface area contributed by atoms with Crippen LogP contribution in [0.2, 0.25) is 0 Å². The topological polar surface area (TPSA) is 4.93 Å². The predicted octanol–water partition coefficient (Wildman–Crippen LogP) is 14.5. The van der Waals surface area contributed by atoms with Crippen molar-refractivity contribution in [3.05, 3.63) is 187 Å². The Morgan fingerprint density at radius 2 is 0.944 bits per heavy atom. The Morgan fingerprint density at radius 3 is 1.69 bits per heavy atom. The molecule has 0 bridgehead atoms. The van der Waals surface area contributed by atoms with Crippen LogP contribution in [-0.4, -0.2) is 4.57 Å². The van der Waals surface area contributed by atoms with Crippen LogP contribution in [0.3, 0.4) is 0 Å². The van der Waals surface area contributed by atoms with Crippen LogP contribution >= 0.6 is 0 Å². The first kappa shape index (κ1) is 29.8. The molecule has 0 radical (unpaired) electrons. The lowest BCUT2D eigenvalue weighted by atomic mass is 9.81. The first-order valence-corrected chi connectivity index (χ1v) is 19.0. The average molecular weight is 686 g/mol. The molecule has 54 heavy (non-hydrogen) atoms. The molecule has 0 unspecified atom stereocenters. The predicted molar refractivity (Wildman–Crippen MR) is 230 cm³/mol. The van der Waals surface area contributed by atoms with Gasteiger partial charge in [-0.3, -0.25) is 0 Å². The molecule has 0 saturated heterocycles. The Hall–Kier alpha value is -6.70. The summed E-state index contributed by atoms with van der Waals surface area (Å²) < 4.78 is 2.49. The zero-order valence-corrected chi connectivity index (χ0v) is 30.2. The van der Waals surface area contributed by atoms with Crippen LogP contribution in [0.25, 0.3) is 104 Å². The zero-order chi connectivity index (χ0) is 35.7. The fraction of sp³-hybridized carbons (Fsp3) is 0.0566. The van der Waals surface area contributed by atoms with Crippen LogP contribution < -0.4 is 0 Å². The molecule has 0 amide bonds. The van der Waals surface area contributed by atoms with Gasteiger partial charge < -0.3 is 4.57 Å². The van der Waals surface area contributed by atoms with E-state index in [1.54, 1.807) is 0 Å². The number of rotatable bonds is 3. The Balaban J connectivity index is 1.09. The first-order chi connectivity index (χ1) is 26.5. The largest absolute Gasteiger partial charge is 0.309 e. The zero-order valence-electron chi connectivity index (χ0n) is 30.2. The highest BCUT2D eigenvalue weighted by Crippen LogP contribution is 2.54. The molecule has 1 heteroatoms. The fourth-order valence-corrected chi connectivity index (χ4v) is 10.0. The SMILES string of the molecule is CC1(C)c2ccccc2-c2c1c1cc(-c3ccc4ccc5c(-c6ccc7ccc8ccccc8c7c6)ccc6ccc3c4c65)ccc1n2-c1ccccc1. The number of hydrogen-bond acceptors (Lipinski definition) is 0. The van der Waals surface area contributed by atoms with Crippen molar-refractivity contribution in [3.8, 4) is 39.2 Å². The second-order valence-corrected chi connectivity index (χ2v) is 15.7. The smallest absolute Gasteiger partial charge is 0.0584 e. The van der Waals surface area contributed by atoms with Crippen molar-refractivity contribution in [2.45, 2.75) is 19.3 Å². The van der Waals surface area contributed by atoms with E-state index in [0.29, 0.717) is 0 Å². The summed E-state index contributed by atoms with van der Waals surface area (Å²) in [6.07, 6.45) is 0. The molecule has 11 aromatic rings. The number of hydrogen-bond donors (Lipinski definition) is 0. The molecular weight excluding hydrogens is 651 g/mol. The number of benzene rings is 10. The quantitative estimate of drug-likeness (QED) is 0.163. The summed E-state index contributed by atoms with van der Waals surface area (Å²) >= 11 is 0. The highest BCUT2D eigenvalue weighted by Gasteiger charge is 2.40. The van der Waals surface area contributed by atoms with Crippen LogP contribution in [0.5, 0.6) is 0 Å². The van der Waals surface area contributed by atoms with Crippen LogP contribution in [0, 0.1) is 0 Å². The Bertz CT molecular complexity index is 3340. The van der Waals surface area contributed by atoms with E-state index < -0.39 is 0 Å². The van der Waals surface area contributed by atoms with Gasteiger partial charge in [-0.2, -0.15) is 0 Å². The van der Waals surface area contributed by atoms with Crippen molar-refractivity contribution < 1.29 is 0 Å². The van der Waals surface area contributed by atoms with E-state index in [2.05, 4.69) is 194 Å². The number of para-hydroxylation sites is 1. The van der Waals surface area contributed by atoms with Crippen molar-refractivity contribution in [1.29, 1.82) is 0 Å². The van der Waals surface area contributed by atoms with Crippen LogP contribution in [0.15, 0.2) is 176 Å². The minimum absolute atomic E-state index is 0.128. The molecular formula is C53H35N. The van der Waals surface area contributed by atoms with E-state index in [1.807, 2.05) is 0 Å². The number of aromatic nitrogens is 1. The lowest BCUT2D eigenvalue weighted by Gasteiger charge is -2.21. The van der Waals surface area contributed by atoms with Crippen molar-refractivity contribution in [2.24, 2.45) is 0 Å². The monoisotopic (exact) mass is 685 g/mol. The second kappa shape index (κ2) is 10.7. The third-order valence-corrected chi connectivity index (χ3v) is 12.5. The van der Waals surface area contributed by atoms with Gasteiger partial charge in [-0.15, -0.1) is 0 Å². The highest BCUT2D eigenvalue weighted by molar-refractivity contribution is 6.28. The maximum absolute atomic E-state index is 2.49. The van der Waals surface area contributed by atoms with Crippen molar-refractivity contribution in [3.63, 3.8) is 0 Å². The summed E-state index contributed by atoms with van der Waals surface area (Å²) in [6, 6.07) is 65.8. The lowest BCUT2D eigenvalue weighted by molar-refractivity contribution is 0.666. The Labute approximate surface area is 313 Å². The van der Waals surface area contributed by atoms with Crippen LogP contribution in [0.4, 0.5) is 0 Å². The summed E-state index contributed by atoms with van der Waals surface area (Å²) in [6.45, 7) is 4.79. The van der Waals surface area contributed by atoms with Gasteiger partial charge in [0, 0.05) is 22.1 Å². The number of nitrogens with zero attached hydrogens (tertiary/aromatic N) is 1. The van der Waals surface area contributed by atoms with Gasteiger partial charge in [0.05, 0.1) is 11.2 Å². The minimum atomic E-state index is -0.128. The van der Waals surface area contributed by atoms with Gasteiger partial charge >= 0.3 is 0 Å². The molecule has 1 nitrogen and oxygen atoms in total. The summed E-state index contributed by atoms with van der Waals surface area (Å²) in [5.74, 6) is 0. The summed E-state index contributed by atoms with van der Waals surface area (Å²) in [4.78, 5) is 0. The number of fused-ring (bicyclic) bond motifs is 8. The first-order valence-electron chi connectivity index (χ1n) is 19.0. The summed E-state index contributed by atoms with van der Waals surface area (Å²) in [7, 11) is 0. The summed E-state index contributed by atoms with van der Waals surface area (Å²) in [5, 5.41) is 14.3. The van der Waals surface area contributed by atoms with E-state index in [4.69, 9.17) is 0 Å². The normalized spacial score (nSPS) is 13.5. The van der Waals surface area contributed by atoms with Gasteiger partial charge in [-0.1, -0.05) is 159 Å². The molecule has 1 aromatic heterocycles. The molecule has 0 saturated carbocycles. The van der Waals surface area contributed by atoms with E-state index in [0.717, 1.165) is 0 Å². The Morgan fingerprint density at radius 1 is 0.389 bits per heavy atom. The molecule has 12 rings (SSSR count). The third-order valence-electron chi connectivity index (χ3n) is 12.5. The molecule has 0 N–H and O–H groups in total. The van der Waals surface area contributed by atoms with E-state index >= 15 is 0 Å². The highest BCUT2D eigenvalue weighted by atomic mass is 15.0. The summed E-state index contributed by atoms with van der Waals surface area (Å²) in [5.41, 5.74) is 12.8. The molecule has 0 atom stereocenters. The van der Waals surface area contributed by atoms with Gasteiger partial charge in [0.15, 0.2) is 0 Å². The molecule has 10 aromatic carbocycles. The molecule has 0 fully saturated rings. The van der Waals surface area contributed by atoms with Crippen LogP contribution in [-0.2, 0) is 5.41 Å². The molecule has 0 spiro atoms. The maximum atomic E-state index is 2.49. The van der Waals surface area contributed by atoms with Gasteiger partial charge in [0.1, 0.15) is 0 Å². The molecule has 1 heterocycles. The van der Waals surface area contributed by atoms with Crippen LogP contribution in [0.1, 0.15) is 25.0 Å². The van der Waals surface area contributed by atoms with E-state index in [1.165, 1.54) is 115 Å². The van der Waals surface area contributed by atoms with Gasteiger partial charge in [-0.05, 0) is 118 Å². The molecule has 1 aliphatic rings.